The van der Waals surface area contributed by atoms with Crippen molar-refractivity contribution in [2.45, 2.75) is 0 Å². The lowest BCUT2D eigenvalue weighted by molar-refractivity contribution is -0.384. The lowest BCUT2D eigenvalue weighted by atomic mass is 10.0. The minimum atomic E-state index is -0.736. The fourth-order valence-corrected chi connectivity index (χ4v) is 2.95. The molecule has 0 unspecified atom stereocenters. The van der Waals surface area contributed by atoms with Gasteiger partial charge in [0.1, 0.15) is 11.3 Å². The van der Waals surface area contributed by atoms with Gasteiger partial charge in [-0.15, -0.1) is 0 Å². The third-order valence-corrected chi connectivity index (χ3v) is 4.43. The summed E-state index contributed by atoms with van der Waals surface area (Å²) in [6, 6.07) is 21.9. The number of carbonyl (C=O) groups excluding carboxylic acids is 1. The van der Waals surface area contributed by atoms with Gasteiger partial charge in [0.2, 0.25) is 0 Å². The zero-order valence-corrected chi connectivity index (χ0v) is 15.0. The molecule has 0 aliphatic rings. The highest BCUT2D eigenvalue weighted by Crippen LogP contribution is 2.23. The van der Waals surface area contributed by atoms with E-state index in [9.17, 15) is 19.7 Å². The van der Waals surface area contributed by atoms with Crippen LogP contribution in [0.5, 0.6) is 0 Å². The van der Waals surface area contributed by atoms with E-state index in [2.05, 4.69) is 5.32 Å². The Bertz CT molecular complexity index is 1280. The molecular weight excluding hydrogens is 372 g/mol. The molecule has 0 atom stereocenters. The summed E-state index contributed by atoms with van der Waals surface area (Å²) >= 11 is 0. The van der Waals surface area contributed by atoms with Crippen LogP contribution in [-0.2, 0) is 0 Å². The number of amides is 1. The number of nitrogens with zero attached hydrogens (tertiary/aromatic N) is 1. The molecule has 0 saturated carbocycles. The minimum absolute atomic E-state index is 0.0878. The summed E-state index contributed by atoms with van der Waals surface area (Å²) in [6.07, 6.45) is 0. The van der Waals surface area contributed by atoms with Crippen molar-refractivity contribution >= 4 is 28.3 Å². The number of rotatable bonds is 4. The van der Waals surface area contributed by atoms with E-state index in [4.69, 9.17) is 4.42 Å². The van der Waals surface area contributed by atoms with E-state index >= 15 is 0 Å². The van der Waals surface area contributed by atoms with Crippen molar-refractivity contribution in [2.75, 3.05) is 5.32 Å². The summed E-state index contributed by atoms with van der Waals surface area (Å²) in [7, 11) is 0. The molecule has 0 fully saturated rings. The molecule has 0 radical (unpaired) electrons. The summed E-state index contributed by atoms with van der Waals surface area (Å²) in [5, 5.41) is 13.8. The molecule has 4 aromatic rings. The van der Waals surface area contributed by atoms with Gasteiger partial charge in [0.15, 0.2) is 0 Å². The smallest absolute Gasteiger partial charge is 0.360 e. The van der Waals surface area contributed by atoms with E-state index in [0.717, 1.165) is 11.1 Å². The highest BCUT2D eigenvalue weighted by atomic mass is 16.6. The van der Waals surface area contributed by atoms with E-state index in [1.165, 1.54) is 24.3 Å². The molecule has 1 N–H and O–H groups in total. The van der Waals surface area contributed by atoms with Crippen LogP contribution in [0, 0.1) is 10.1 Å². The van der Waals surface area contributed by atoms with Crippen LogP contribution in [0.3, 0.4) is 0 Å². The first-order chi connectivity index (χ1) is 14.0. The zero-order chi connectivity index (χ0) is 20.4. The molecule has 0 aliphatic carbocycles. The molecule has 142 valence electrons. The topological polar surface area (TPSA) is 102 Å². The van der Waals surface area contributed by atoms with Crippen molar-refractivity contribution < 1.29 is 14.1 Å². The summed E-state index contributed by atoms with van der Waals surface area (Å²) in [6.45, 7) is 0. The van der Waals surface area contributed by atoms with E-state index in [-0.39, 0.29) is 17.0 Å². The molecule has 1 aromatic heterocycles. The summed E-state index contributed by atoms with van der Waals surface area (Å²) in [5.74, 6) is -0.485. The molecule has 29 heavy (non-hydrogen) atoms. The lowest BCUT2D eigenvalue weighted by Crippen LogP contribution is -2.17. The third-order valence-electron chi connectivity index (χ3n) is 4.43. The average Bonchev–Trinajstić information content (AvgIpc) is 2.74. The molecule has 7 nitrogen and oxygen atoms in total. The first-order valence-corrected chi connectivity index (χ1v) is 8.70. The molecule has 1 amide bonds. The maximum atomic E-state index is 12.5. The largest absolute Gasteiger partial charge is 0.421 e. The maximum absolute atomic E-state index is 12.5. The van der Waals surface area contributed by atoms with Crippen LogP contribution in [0.15, 0.2) is 88.1 Å². The lowest BCUT2D eigenvalue weighted by Gasteiger charge is -2.07. The van der Waals surface area contributed by atoms with Crippen LogP contribution >= 0.6 is 0 Å². The second-order valence-electron chi connectivity index (χ2n) is 6.32. The van der Waals surface area contributed by atoms with Crippen LogP contribution in [0.1, 0.15) is 10.4 Å². The van der Waals surface area contributed by atoms with Gasteiger partial charge in [-0.2, -0.15) is 0 Å². The molecule has 7 heteroatoms. The van der Waals surface area contributed by atoms with Crippen molar-refractivity contribution in [3.05, 3.63) is 105 Å². The number of fused-ring (bicyclic) bond motifs is 1. The predicted molar refractivity (Wildman–Crippen MR) is 109 cm³/mol. The summed E-state index contributed by atoms with van der Waals surface area (Å²) < 4.78 is 5.15. The van der Waals surface area contributed by atoms with Crippen LogP contribution < -0.4 is 10.9 Å². The van der Waals surface area contributed by atoms with Gasteiger partial charge in [-0.05, 0) is 35.4 Å². The van der Waals surface area contributed by atoms with Gasteiger partial charge < -0.3 is 9.73 Å². The Hall–Kier alpha value is -4.26. The van der Waals surface area contributed by atoms with Gasteiger partial charge in [0.05, 0.1) is 4.92 Å². The first-order valence-electron chi connectivity index (χ1n) is 8.70. The first kappa shape index (κ1) is 18.1. The number of non-ortho nitro benzene ring substituents is 1. The fraction of sp³-hybridized carbons (Fsp3) is 0. The molecule has 0 saturated heterocycles. The Labute approximate surface area is 164 Å². The second-order valence-corrected chi connectivity index (χ2v) is 6.32. The number of nitro groups is 1. The van der Waals surface area contributed by atoms with Crippen LogP contribution in [0.2, 0.25) is 0 Å². The van der Waals surface area contributed by atoms with E-state index in [0.29, 0.717) is 10.9 Å². The van der Waals surface area contributed by atoms with Crippen molar-refractivity contribution in [1.29, 1.82) is 0 Å². The average molecular weight is 386 g/mol. The molecule has 1 heterocycles. The highest BCUT2D eigenvalue weighted by Gasteiger charge is 2.13. The van der Waals surface area contributed by atoms with Crippen LogP contribution in [-0.4, -0.2) is 10.8 Å². The van der Waals surface area contributed by atoms with E-state index in [1.54, 1.807) is 12.1 Å². The highest BCUT2D eigenvalue weighted by molar-refractivity contribution is 6.05. The van der Waals surface area contributed by atoms with Gasteiger partial charge in [0.25, 0.3) is 11.6 Å². The van der Waals surface area contributed by atoms with Crippen LogP contribution in [0.4, 0.5) is 11.4 Å². The summed E-state index contributed by atoms with van der Waals surface area (Å²) in [4.78, 5) is 35.1. The number of benzene rings is 3. The quantitative estimate of drug-likeness (QED) is 0.313. The number of carbonyl (C=O) groups is 1. The standard InChI is InChI=1S/C22H14N2O5/c25-21(16-8-6-15(7-9-16)14-4-2-1-3-5-14)23-19-13-17-12-18(24(27)28)10-11-20(17)29-22(19)26/h1-13H,(H,23,25). The van der Waals surface area contributed by atoms with Gasteiger partial charge in [-0.25, -0.2) is 4.79 Å². The van der Waals surface area contributed by atoms with Gasteiger partial charge in [-0.3, -0.25) is 14.9 Å². The molecule has 0 aliphatic heterocycles. The molecule has 3 aromatic carbocycles. The predicted octanol–water partition coefficient (Wildman–Crippen LogP) is 4.62. The molecule has 0 bridgehead atoms. The maximum Gasteiger partial charge on any atom is 0.360 e. The number of anilines is 1. The SMILES string of the molecule is O=C(Nc1cc2cc([N+](=O)[O-])ccc2oc1=O)c1ccc(-c2ccccc2)cc1. The molecular formula is C22H14N2O5. The number of nitro benzene ring substituents is 1. The number of nitrogens with one attached hydrogen (secondary N) is 1. The van der Waals surface area contributed by atoms with Crippen molar-refractivity contribution in [3.63, 3.8) is 0 Å². The Kier molecular flexibility index (Phi) is 4.62. The Morgan fingerprint density at radius 1 is 0.897 bits per heavy atom. The molecule has 4 rings (SSSR count). The van der Waals surface area contributed by atoms with Crippen LogP contribution in [0.25, 0.3) is 22.1 Å². The Balaban J connectivity index is 1.60. The zero-order valence-electron chi connectivity index (χ0n) is 15.0. The summed E-state index contributed by atoms with van der Waals surface area (Å²) in [5.41, 5.74) is 1.58. The Morgan fingerprint density at radius 3 is 2.28 bits per heavy atom. The van der Waals surface area contributed by atoms with Gasteiger partial charge >= 0.3 is 5.63 Å². The Morgan fingerprint density at radius 2 is 1.59 bits per heavy atom. The normalized spacial score (nSPS) is 10.6. The van der Waals surface area contributed by atoms with Crippen molar-refractivity contribution in [2.24, 2.45) is 0 Å². The van der Waals surface area contributed by atoms with E-state index in [1.807, 2.05) is 42.5 Å². The van der Waals surface area contributed by atoms with E-state index < -0.39 is 16.5 Å². The monoisotopic (exact) mass is 386 g/mol. The second kappa shape index (κ2) is 7.40. The van der Waals surface area contributed by atoms with Gasteiger partial charge in [-0.1, -0.05) is 42.5 Å². The van der Waals surface area contributed by atoms with Gasteiger partial charge in [0, 0.05) is 23.1 Å². The number of hydrogen-bond donors (Lipinski definition) is 1. The molecule has 0 spiro atoms. The van der Waals surface area contributed by atoms with Crippen molar-refractivity contribution in [3.8, 4) is 11.1 Å². The number of hydrogen-bond acceptors (Lipinski definition) is 5. The fourth-order valence-electron chi connectivity index (χ4n) is 2.95. The minimum Gasteiger partial charge on any atom is -0.421 e. The third kappa shape index (κ3) is 3.74. The van der Waals surface area contributed by atoms with Crippen molar-refractivity contribution in [1.82, 2.24) is 0 Å².